The first-order chi connectivity index (χ1) is 26.2. The van der Waals surface area contributed by atoms with E-state index >= 15 is 0 Å². The van der Waals surface area contributed by atoms with Gasteiger partial charge in [-0.1, -0.05) is 140 Å². The van der Waals surface area contributed by atoms with Crippen molar-refractivity contribution in [1.29, 1.82) is 0 Å². The van der Waals surface area contributed by atoms with Crippen molar-refractivity contribution in [1.82, 2.24) is 4.98 Å². The van der Waals surface area contributed by atoms with Gasteiger partial charge in [0.25, 0.3) is 0 Å². The average Bonchev–Trinajstić information content (AvgIpc) is 3.66. The highest BCUT2D eigenvalue weighted by Crippen LogP contribution is 2.47. The Balaban J connectivity index is 1.23. The highest BCUT2D eigenvalue weighted by molar-refractivity contribution is 6.12. The van der Waals surface area contributed by atoms with Crippen LogP contribution in [-0.4, -0.2) is 4.98 Å². The smallest absolute Gasteiger partial charge is 0.223 e. The van der Waals surface area contributed by atoms with Crippen LogP contribution < -0.4 is 4.90 Å². The molecule has 0 aliphatic heterocycles. The quantitative estimate of drug-likeness (QED) is 0.175. The zero-order valence-electron chi connectivity index (χ0n) is 29.7. The van der Waals surface area contributed by atoms with Gasteiger partial charge in [-0.2, -0.15) is 0 Å². The normalized spacial score (nSPS) is 15.2. The lowest BCUT2D eigenvalue weighted by atomic mass is 9.81. The van der Waals surface area contributed by atoms with E-state index in [2.05, 4.69) is 182 Å². The van der Waals surface area contributed by atoms with E-state index in [1.807, 2.05) is 0 Å². The molecule has 3 nitrogen and oxygen atoms in total. The summed E-state index contributed by atoms with van der Waals surface area (Å²) in [6.45, 7) is 2.35. The maximum atomic E-state index is 6.56. The van der Waals surface area contributed by atoms with Crippen LogP contribution in [0.1, 0.15) is 49.1 Å². The Morgan fingerprint density at radius 3 is 2.36 bits per heavy atom. The third-order valence-electron chi connectivity index (χ3n) is 10.9. The molecule has 1 unspecified atom stereocenters. The van der Waals surface area contributed by atoms with E-state index in [1.165, 1.54) is 44.2 Å². The van der Waals surface area contributed by atoms with E-state index in [4.69, 9.17) is 9.40 Å². The molecular formula is C50H38N2O. The van der Waals surface area contributed by atoms with Crippen LogP contribution in [-0.2, 0) is 0 Å². The number of aromatic nitrogens is 1. The van der Waals surface area contributed by atoms with Crippen LogP contribution in [0.25, 0.3) is 66.5 Å². The molecule has 3 heteroatoms. The van der Waals surface area contributed by atoms with Crippen molar-refractivity contribution in [3.05, 3.63) is 181 Å². The van der Waals surface area contributed by atoms with Crippen LogP contribution in [0, 0.1) is 0 Å². The minimum absolute atomic E-state index is 0.432. The second-order valence-corrected chi connectivity index (χ2v) is 14.3. The Morgan fingerprint density at radius 1 is 0.660 bits per heavy atom. The summed E-state index contributed by atoms with van der Waals surface area (Å²) in [5.41, 5.74) is 13.7. The molecule has 0 spiro atoms. The summed E-state index contributed by atoms with van der Waals surface area (Å²) in [5, 5.41) is 4.63. The van der Waals surface area contributed by atoms with Crippen molar-refractivity contribution < 1.29 is 4.42 Å². The number of oxazole rings is 1. The number of hydrogen-bond donors (Lipinski definition) is 0. The minimum atomic E-state index is 0.432. The van der Waals surface area contributed by atoms with Crippen LogP contribution in [0.4, 0.5) is 17.1 Å². The fourth-order valence-corrected chi connectivity index (χ4v) is 8.37. The molecule has 1 aromatic heterocycles. The molecule has 0 amide bonds. The first kappa shape index (κ1) is 31.3. The molecule has 7 aromatic carbocycles. The zero-order valence-corrected chi connectivity index (χ0v) is 29.7. The molecular weight excluding hydrogens is 645 g/mol. The van der Waals surface area contributed by atoms with Crippen molar-refractivity contribution >= 4 is 61.4 Å². The summed E-state index contributed by atoms with van der Waals surface area (Å²) < 4.78 is 6.56. The summed E-state index contributed by atoms with van der Waals surface area (Å²) in [6, 6.07) is 50.8. The number of fused-ring (bicyclic) bond motifs is 5. The number of benzene rings is 7. The summed E-state index contributed by atoms with van der Waals surface area (Å²) >= 11 is 0. The van der Waals surface area contributed by atoms with Gasteiger partial charge in [0.15, 0.2) is 5.58 Å². The summed E-state index contributed by atoms with van der Waals surface area (Å²) in [4.78, 5) is 7.50. The predicted molar refractivity (Wildman–Crippen MR) is 223 cm³/mol. The molecule has 1 heterocycles. The second-order valence-electron chi connectivity index (χ2n) is 14.3. The molecule has 1 atom stereocenters. The molecule has 0 saturated carbocycles. The lowest BCUT2D eigenvalue weighted by molar-refractivity contribution is 0.583. The fourth-order valence-electron chi connectivity index (χ4n) is 8.37. The summed E-state index contributed by atoms with van der Waals surface area (Å²) in [6.07, 6.45) is 14.0. The molecule has 53 heavy (non-hydrogen) atoms. The Hall–Kier alpha value is -6.45. The second kappa shape index (κ2) is 13.0. The van der Waals surface area contributed by atoms with E-state index < -0.39 is 0 Å². The van der Waals surface area contributed by atoms with Gasteiger partial charge in [0, 0.05) is 27.7 Å². The summed E-state index contributed by atoms with van der Waals surface area (Å²) in [5.74, 6) is 1.14. The molecule has 0 bridgehead atoms. The number of allylic oxidation sites excluding steroid dienone is 5. The molecule has 254 valence electrons. The zero-order chi connectivity index (χ0) is 35.3. The SMILES string of the molecule is CC1CC=Cc2cccc(-c3ccc(N(c4ccccc4)c4cc5nc(C6=CC=CCC6)oc5c5ccccc45)cc3-c3ccc4ccccc4c3)c21. The van der Waals surface area contributed by atoms with Gasteiger partial charge in [0.2, 0.25) is 5.89 Å². The Morgan fingerprint density at radius 2 is 1.49 bits per heavy atom. The molecule has 0 saturated heterocycles. The van der Waals surface area contributed by atoms with Crippen molar-refractivity contribution in [2.75, 3.05) is 4.90 Å². The molecule has 0 fully saturated rings. The highest BCUT2D eigenvalue weighted by atomic mass is 16.3. The van der Waals surface area contributed by atoms with Crippen LogP contribution in [0.15, 0.2) is 168 Å². The van der Waals surface area contributed by atoms with Gasteiger partial charge in [-0.05, 0) is 106 Å². The topological polar surface area (TPSA) is 29.3 Å². The Bertz CT molecular complexity index is 2780. The third kappa shape index (κ3) is 5.48. The van der Waals surface area contributed by atoms with E-state index in [0.29, 0.717) is 11.8 Å². The van der Waals surface area contributed by atoms with E-state index in [-0.39, 0.29) is 0 Å². The lowest BCUT2D eigenvalue weighted by Gasteiger charge is -2.29. The third-order valence-corrected chi connectivity index (χ3v) is 10.9. The van der Waals surface area contributed by atoms with Crippen LogP contribution in [0.3, 0.4) is 0 Å². The largest absolute Gasteiger partial charge is 0.436 e. The predicted octanol–water partition coefficient (Wildman–Crippen LogP) is 14.2. The van der Waals surface area contributed by atoms with Gasteiger partial charge in [-0.25, -0.2) is 4.98 Å². The van der Waals surface area contributed by atoms with Crippen LogP contribution in [0.2, 0.25) is 0 Å². The van der Waals surface area contributed by atoms with Crippen molar-refractivity contribution in [3.8, 4) is 22.3 Å². The number of hydrogen-bond acceptors (Lipinski definition) is 3. The molecule has 0 N–H and O–H groups in total. The maximum Gasteiger partial charge on any atom is 0.223 e. The first-order valence-corrected chi connectivity index (χ1v) is 18.7. The van der Waals surface area contributed by atoms with Crippen LogP contribution in [0.5, 0.6) is 0 Å². The fraction of sp³-hybridized carbons (Fsp3) is 0.100. The lowest BCUT2D eigenvalue weighted by Crippen LogP contribution is -2.11. The van der Waals surface area contributed by atoms with Gasteiger partial charge >= 0.3 is 0 Å². The highest BCUT2D eigenvalue weighted by Gasteiger charge is 2.24. The van der Waals surface area contributed by atoms with Crippen molar-refractivity contribution in [3.63, 3.8) is 0 Å². The van der Waals surface area contributed by atoms with Gasteiger partial charge in [-0.15, -0.1) is 0 Å². The van der Waals surface area contributed by atoms with Gasteiger partial charge < -0.3 is 9.32 Å². The molecule has 2 aliphatic rings. The Labute approximate surface area is 309 Å². The van der Waals surface area contributed by atoms with E-state index in [1.54, 1.807) is 0 Å². The average molecular weight is 683 g/mol. The van der Waals surface area contributed by atoms with Crippen LogP contribution >= 0.6 is 0 Å². The number of anilines is 3. The minimum Gasteiger partial charge on any atom is -0.436 e. The number of para-hydroxylation sites is 1. The van der Waals surface area contributed by atoms with E-state index in [0.717, 1.165) is 63.8 Å². The number of rotatable bonds is 6. The van der Waals surface area contributed by atoms with Gasteiger partial charge in [-0.3, -0.25) is 0 Å². The van der Waals surface area contributed by atoms with Gasteiger partial charge in [0.05, 0.1) is 5.69 Å². The standard InChI is InChI=1S/C50H38N2O/c1-33-14-12-19-35-20-13-25-43(48(33)35)41-29-28-40(31-45(41)38-27-26-34-15-8-9-18-37(34)30-38)52(39-21-6-3-7-22-39)47-32-46-49(44-24-11-10-23-42(44)47)53-50(51-46)36-16-4-2-5-17-36/h2-4,6-13,15-16,18-33H,5,14,17H2,1H3. The van der Waals surface area contributed by atoms with Crippen molar-refractivity contribution in [2.24, 2.45) is 0 Å². The first-order valence-electron chi connectivity index (χ1n) is 18.7. The maximum absolute atomic E-state index is 6.56. The molecule has 10 rings (SSSR count). The summed E-state index contributed by atoms with van der Waals surface area (Å²) in [7, 11) is 0. The molecule has 8 aromatic rings. The monoisotopic (exact) mass is 682 g/mol. The van der Waals surface area contributed by atoms with Crippen molar-refractivity contribution in [2.45, 2.75) is 32.1 Å². The number of nitrogens with zero attached hydrogens (tertiary/aromatic N) is 2. The molecule has 2 aliphatic carbocycles. The molecule has 0 radical (unpaired) electrons. The Kier molecular flexibility index (Phi) is 7.65. The van der Waals surface area contributed by atoms with E-state index in [9.17, 15) is 0 Å². The van der Waals surface area contributed by atoms with Gasteiger partial charge in [0.1, 0.15) is 5.52 Å².